The Hall–Kier alpha value is -3.06. The van der Waals surface area contributed by atoms with Crippen molar-refractivity contribution in [2.45, 2.75) is 51.7 Å². The predicted octanol–water partition coefficient (Wildman–Crippen LogP) is 5.41. The van der Waals surface area contributed by atoms with Crippen LogP contribution in [0.4, 0.5) is 27.6 Å². The molecule has 1 heterocycles. The maximum Gasteiger partial charge on any atom is 0.402 e. The fourth-order valence-corrected chi connectivity index (χ4v) is 4.68. The zero-order chi connectivity index (χ0) is 31.1. The Morgan fingerprint density at radius 3 is 2.48 bits per heavy atom. The lowest BCUT2D eigenvalue weighted by atomic mass is 9.91. The second-order valence-corrected chi connectivity index (χ2v) is 11.3. The number of hydrazine groups is 1. The van der Waals surface area contributed by atoms with Gasteiger partial charge in [-0.2, -0.15) is 13.2 Å². The number of benzene rings is 2. The number of carbonyl (C=O) groups is 3. The largest absolute Gasteiger partial charge is 0.487 e. The van der Waals surface area contributed by atoms with E-state index in [1.807, 2.05) is 0 Å². The Morgan fingerprint density at radius 2 is 1.83 bits per heavy atom. The highest BCUT2D eigenvalue weighted by atomic mass is 35.5. The van der Waals surface area contributed by atoms with Crippen LogP contribution in [0, 0.1) is 5.41 Å². The molecular weight excluding hydrogens is 610 g/mol. The summed E-state index contributed by atoms with van der Waals surface area (Å²) in [7, 11) is 0.0495. The molecule has 0 radical (unpaired) electrons. The van der Waals surface area contributed by atoms with Crippen LogP contribution in [-0.4, -0.2) is 49.4 Å². The summed E-state index contributed by atoms with van der Waals surface area (Å²) < 4.78 is 75.5. The number of alkyl halides is 5. The summed E-state index contributed by atoms with van der Waals surface area (Å²) in [6.45, 7) is 0.855. The summed E-state index contributed by atoms with van der Waals surface area (Å²) >= 11 is 6.17. The molecule has 4 N–H and O–H groups in total. The summed E-state index contributed by atoms with van der Waals surface area (Å²) in [5.74, 6) is -2.91. The van der Waals surface area contributed by atoms with Crippen LogP contribution in [0.1, 0.15) is 53.0 Å². The first kappa shape index (κ1) is 33.4. The molecule has 230 valence electrons. The molecule has 9 nitrogen and oxygen atoms in total. The van der Waals surface area contributed by atoms with Crippen LogP contribution in [0.15, 0.2) is 36.4 Å². The molecule has 0 spiro atoms. The van der Waals surface area contributed by atoms with Crippen molar-refractivity contribution >= 4 is 43.7 Å². The van der Waals surface area contributed by atoms with E-state index in [2.05, 4.69) is 21.3 Å². The monoisotopic (exact) mass is 638 g/mol. The van der Waals surface area contributed by atoms with Crippen LogP contribution in [-0.2, 0) is 16.1 Å². The first-order valence-corrected chi connectivity index (χ1v) is 14.1. The van der Waals surface area contributed by atoms with E-state index in [1.54, 1.807) is 0 Å². The van der Waals surface area contributed by atoms with Crippen molar-refractivity contribution in [1.29, 1.82) is 0 Å². The van der Waals surface area contributed by atoms with Gasteiger partial charge in [0.25, 0.3) is 18.2 Å². The molecule has 0 bridgehead atoms. The number of ether oxygens (including phenoxy) is 2. The van der Waals surface area contributed by atoms with Crippen molar-refractivity contribution < 1.29 is 45.8 Å². The Kier molecular flexibility index (Phi) is 11.5. The zero-order valence-corrected chi connectivity index (χ0v) is 24.2. The molecular formula is C26H29ClF5N4O5P. The summed E-state index contributed by atoms with van der Waals surface area (Å²) in [5.41, 5.74) is 0.0112. The Morgan fingerprint density at radius 1 is 1.10 bits per heavy atom. The maximum atomic E-state index is 13.1. The smallest absolute Gasteiger partial charge is 0.402 e. The van der Waals surface area contributed by atoms with Gasteiger partial charge in [-0.15, -0.1) is 0 Å². The second-order valence-electron chi connectivity index (χ2n) is 9.71. The van der Waals surface area contributed by atoms with Crippen molar-refractivity contribution in [3.8, 4) is 5.75 Å². The molecule has 2 aromatic carbocycles. The van der Waals surface area contributed by atoms with E-state index in [9.17, 15) is 36.3 Å². The molecule has 2 unspecified atom stereocenters. The number of hydrogen-bond acceptors (Lipinski definition) is 6. The van der Waals surface area contributed by atoms with E-state index >= 15 is 0 Å². The maximum absolute atomic E-state index is 13.1. The first-order chi connectivity index (χ1) is 19.7. The summed E-state index contributed by atoms with van der Waals surface area (Å²) in [4.78, 5) is 38.0. The molecule has 2 atom stereocenters. The van der Waals surface area contributed by atoms with Gasteiger partial charge in [-0.25, -0.2) is 14.0 Å². The van der Waals surface area contributed by atoms with Crippen LogP contribution >= 0.6 is 20.3 Å². The highest BCUT2D eigenvalue weighted by Gasteiger charge is 2.52. The molecule has 0 aromatic heterocycles. The van der Waals surface area contributed by atoms with E-state index in [0.29, 0.717) is 12.2 Å². The summed E-state index contributed by atoms with van der Waals surface area (Å²) in [5, 5.41) is 7.51. The van der Waals surface area contributed by atoms with Crippen molar-refractivity contribution in [2.75, 3.05) is 18.5 Å². The van der Waals surface area contributed by atoms with Crippen molar-refractivity contribution in [3.63, 3.8) is 0 Å². The minimum Gasteiger partial charge on any atom is -0.487 e. The Balaban J connectivity index is 1.73. The molecule has 1 aliphatic rings. The minimum atomic E-state index is -4.77. The quantitative estimate of drug-likeness (QED) is 0.140. The number of anilines is 1. The summed E-state index contributed by atoms with van der Waals surface area (Å²) in [6, 6.07) is 7.86. The molecule has 3 rings (SSSR count). The average molecular weight is 639 g/mol. The third kappa shape index (κ3) is 8.97. The zero-order valence-electron chi connectivity index (χ0n) is 22.5. The van der Waals surface area contributed by atoms with Gasteiger partial charge in [0.2, 0.25) is 5.91 Å². The number of hydrogen-bond donors (Lipinski definition) is 4. The molecule has 0 aliphatic carbocycles. The van der Waals surface area contributed by atoms with Crippen LogP contribution in [0.2, 0.25) is 5.02 Å². The normalized spacial score (nSPS) is 15.7. The lowest BCUT2D eigenvalue weighted by Gasteiger charge is -2.26. The van der Waals surface area contributed by atoms with E-state index in [-0.39, 0.29) is 48.7 Å². The molecule has 1 fully saturated rings. The van der Waals surface area contributed by atoms with Gasteiger partial charge in [-0.05, 0) is 71.3 Å². The van der Waals surface area contributed by atoms with Crippen LogP contribution in [0.5, 0.6) is 5.75 Å². The van der Waals surface area contributed by atoms with Crippen molar-refractivity contribution in [3.05, 3.63) is 58.1 Å². The topological polar surface area (TPSA) is 118 Å². The van der Waals surface area contributed by atoms with Crippen LogP contribution < -0.4 is 26.0 Å². The van der Waals surface area contributed by atoms with Gasteiger partial charge in [0.05, 0.1) is 22.0 Å². The Labute approximate surface area is 245 Å². The molecule has 16 heteroatoms. The molecule has 42 heavy (non-hydrogen) atoms. The van der Waals surface area contributed by atoms with Gasteiger partial charge in [0.1, 0.15) is 17.8 Å². The van der Waals surface area contributed by atoms with Gasteiger partial charge in [0, 0.05) is 18.8 Å². The first-order valence-electron chi connectivity index (χ1n) is 12.6. The van der Waals surface area contributed by atoms with Crippen LogP contribution in [0.25, 0.3) is 0 Å². The molecule has 2 aromatic rings. The van der Waals surface area contributed by atoms with E-state index in [0.717, 1.165) is 26.7 Å². The second kappa shape index (κ2) is 14.4. The standard InChI is InChI=1S/C26H29ClF5N4O5P/c1-25(2,26(30,31)32)24(39)33-12-14-5-7-18(27)16(10-14)22(37)34-15-6-8-19(41-13-20(28)29)17(11-15)23(38)35-36-42-21-4-3-9-40-21/h5-8,10-11,20-21,36,42H,3-4,9,12-13H2,1-2H3,(H,33,39)(H,34,37)(H,35,38). The average Bonchev–Trinajstić information content (AvgIpc) is 3.44. The van der Waals surface area contributed by atoms with Crippen LogP contribution in [0.3, 0.4) is 0 Å². The minimum absolute atomic E-state index is 0.00683. The van der Waals surface area contributed by atoms with E-state index < -0.39 is 42.3 Å². The van der Waals surface area contributed by atoms with Gasteiger partial charge >= 0.3 is 6.18 Å². The number of carbonyl (C=O) groups excluding carboxylic acids is 3. The highest BCUT2D eigenvalue weighted by molar-refractivity contribution is 7.36. The molecule has 3 amide bonds. The van der Waals surface area contributed by atoms with Crippen molar-refractivity contribution in [2.24, 2.45) is 5.41 Å². The lowest BCUT2D eigenvalue weighted by molar-refractivity contribution is -0.211. The van der Waals surface area contributed by atoms with E-state index in [4.69, 9.17) is 21.1 Å². The number of halogens is 6. The summed E-state index contributed by atoms with van der Waals surface area (Å²) in [6.07, 6.45) is -5.83. The molecule has 1 saturated heterocycles. The lowest BCUT2D eigenvalue weighted by Crippen LogP contribution is -2.46. The number of amides is 3. The predicted molar refractivity (Wildman–Crippen MR) is 147 cm³/mol. The van der Waals surface area contributed by atoms with Crippen molar-refractivity contribution in [1.82, 2.24) is 15.9 Å². The third-order valence-corrected chi connectivity index (χ3v) is 7.57. The number of rotatable bonds is 12. The number of nitrogens with one attached hydrogen (secondary N) is 4. The SMILES string of the molecule is CC(C)(C(=O)NCc1ccc(Cl)c(C(=O)Nc2ccc(OCC(F)F)c(C(=O)NNPC3CCCO3)c2)c1)C(F)(F)F. The molecule has 0 saturated carbocycles. The fourth-order valence-electron chi connectivity index (χ4n) is 3.58. The third-order valence-electron chi connectivity index (χ3n) is 6.19. The van der Waals surface area contributed by atoms with Gasteiger partial charge in [-0.3, -0.25) is 19.8 Å². The fraction of sp³-hybridized carbons (Fsp3) is 0.423. The highest BCUT2D eigenvalue weighted by Crippen LogP contribution is 2.37. The molecule has 1 aliphatic heterocycles. The Bertz CT molecular complexity index is 1290. The van der Waals surface area contributed by atoms with E-state index in [1.165, 1.54) is 36.4 Å². The van der Waals surface area contributed by atoms with Gasteiger partial charge in [-0.1, -0.05) is 17.7 Å². The van der Waals surface area contributed by atoms with Gasteiger partial charge < -0.3 is 20.1 Å². The van der Waals surface area contributed by atoms with Gasteiger partial charge in [0.15, 0.2) is 0 Å².